The molecule has 1 unspecified atom stereocenters. The molecule has 2 aliphatic heterocycles. The summed E-state index contributed by atoms with van der Waals surface area (Å²) in [6, 6.07) is 1.38. The highest BCUT2D eigenvalue weighted by Crippen LogP contribution is 2.34. The molecular formula is C22H41N5O. The first-order valence-corrected chi connectivity index (χ1v) is 11.8. The minimum atomic E-state index is 0.283. The number of ether oxygens (including phenoxy) is 1. The molecule has 2 N–H and O–H groups in total. The van der Waals surface area contributed by atoms with Crippen LogP contribution < -0.4 is 10.6 Å². The van der Waals surface area contributed by atoms with Crippen LogP contribution in [0.15, 0.2) is 4.99 Å². The number of nitrogens with zero attached hydrogens (tertiary/aromatic N) is 3. The summed E-state index contributed by atoms with van der Waals surface area (Å²) >= 11 is 0. The molecule has 4 fully saturated rings. The number of likely N-dealkylation sites (tertiary alicyclic amines) is 1. The van der Waals surface area contributed by atoms with Gasteiger partial charge in [0.2, 0.25) is 0 Å². The standard InChI is InChI=1S/C22H41N5O/c1-23-21(25-19-9-12-26(17-19)20-7-3-4-8-20)24-18-22(10-5-2-6-11-22)27-13-15-28-16-14-27/h19-20H,2-18H2,1H3,(H2,23,24,25). The van der Waals surface area contributed by atoms with Crippen molar-refractivity contribution < 1.29 is 4.74 Å². The fourth-order valence-electron chi connectivity index (χ4n) is 5.99. The second-order valence-corrected chi connectivity index (χ2v) is 9.37. The van der Waals surface area contributed by atoms with E-state index in [4.69, 9.17) is 4.74 Å². The first kappa shape index (κ1) is 20.4. The van der Waals surface area contributed by atoms with Crippen molar-refractivity contribution in [1.29, 1.82) is 0 Å². The van der Waals surface area contributed by atoms with Gasteiger partial charge in [0, 0.05) is 57.4 Å². The molecule has 0 aromatic rings. The van der Waals surface area contributed by atoms with Crippen LogP contribution in [0, 0.1) is 0 Å². The number of rotatable bonds is 5. The minimum Gasteiger partial charge on any atom is -0.379 e. The molecule has 0 aromatic heterocycles. The maximum atomic E-state index is 5.62. The smallest absolute Gasteiger partial charge is 0.191 e. The van der Waals surface area contributed by atoms with Gasteiger partial charge < -0.3 is 15.4 Å². The van der Waals surface area contributed by atoms with E-state index in [1.165, 1.54) is 77.3 Å². The second kappa shape index (κ2) is 9.77. The van der Waals surface area contributed by atoms with Gasteiger partial charge in [-0.1, -0.05) is 32.1 Å². The molecule has 4 rings (SSSR count). The zero-order chi connectivity index (χ0) is 19.2. The molecule has 2 aliphatic carbocycles. The van der Waals surface area contributed by atoms with Gasteiger partial charge in [-0.2, -0.15) is 0 Å². The Morgan fingerprint density at radius 2 is 1.75 bits per heavy atom. The molecule has 4 aliphatic rings. The third-order valence-corrected chi connectivity index (χ3v) is 7.68. The molecule has 0 radical (unpaired) electrons. The van der Waals surface area contributed by atoms with Gasteiger partial charge in [-0.15, -0.1) is 0 Å². The molecule has 0 spiro atoms. The maximum Gasteiger partial charge on any atom is 0.191 e. The van der Waals surface area contributed by atoms with E-state index in [2.05, 4.69) is 25.4 Å². The lowest BCUT2D eigenvalue weighted by Crippen LogP contribution is -2.61. The van der Waals surface area contributed by atoms with Crippen LogP contribution in [0.2, 0.25) is 0 Å². The van der Waals surface area contributed by atoms with Crippen molar-refractivity contribution in [3.63, 3.8) is 0 Å². The Bertz CT molecular complexity index is 507. The number of aliphatic imine (C=N–C) groups is 1. The van der Waals surface area contributed by atoms with E-state index < -0.39 is 0 Å². The SMILES string of the molecule is CN=C(NCC1(N2CCOCC2)CCCCC1)NC1CCN(C2CCCC2)C1. The zero-order valence-corrected chi connectivity index (χ0v) is 17.9. The van der Waals surface area contributed by atoms with Crippen LogP contribution in [0.4, 0.5) is 0 Å². The monoisotopic (exact) mass is 391 g/mol. The minimum absolute atomic E-state index is 0.283. The van der Waals surface area contributed by atoms with E-state index in [1.54, 1.807) is 0 Å². The predicted octanol–water partition coefficient (Wildman–Crippen LogP) is 2.20. The first-order valence-electron chi connectivity index (χ1n) is 11.8. The first-order chi connectivity index (χ1) is 13.8. The largest absolute Gasteiger partial charge is 0.379 e. The molecule has 6 heteroatoms. The van der Waals surface area contributed by atoms with Crippen LogP contribution in [0.3, 0.4) is 0 Å². The summed E-state index contributed by atoms with van der Waals surface area (Å²) in [6.45, 7) is 7.35. The fraction of sp³-hybridized carbons (Fsp3) is 0.955. The van der Waals surface area contributed by atoms with Crippen molar-refractivity contribution in [2.45, 2.75) is 81.8 Å². The van der Waals surface area contributed by atoms with Crippen LogP contribution in [-0.2, 0) is 4.74 Å². The maximum absolute atomic E-state index is 5.62. The summed E-state index contributed by atoms with van der Waals surface area (Å²) in [4.78, 5) is 9.99. The Balaban J connectivity index is 1.30. The van der Waals surface area contributed by atoms with E-state index in [0.29, 0.717) is 6.04 Å². The predicted molar refractivity (Wildman–Crippen MR) is 115 cm³/mol. The summed E-state index contributed by atoms with van der Waals surface area (Å²) in [6.07, 6.45) is 13.6. The van der Waals surface area contributed by atoms with Gasteiger partial charge in [-0.25, -0.2) is 0 Å². The normalized spacial score (nSPS) is 30.6. The summed E-state index contributed by atoms with van der Waals surface area (Å²) in [5, 5.41) is 7.46. The summed E-state index contributed by atoms with van der Waals surface area (Å²) < 4.78 is 5.62. The summed E-state index contributed by atoms with van der Waals surface area (Å²) in [7, 11) is 1.92. The Labute approximate surface area is 171 Å². The molecule has 1 atom stereocenters. The van der Waals surface area contributed by atoms with Crippen LogP contribution in [-0.4, -0.2) is 86.4 Å². The number of hydrogen-bond donors (Lipinski definition) is 2. The quantitative estimate of drug-likeness (QED) is 0.556. The number of morpholine rings is 1. The van der Waals surface area contributed by atoms with E-state index >= 15 is 0 Å². The lowest BCUT2D eigenvalue weighted by molar-refractivity contribution is -0.0352. The fourth-order valence-corrected chi connectivity index (χ4v) is 5.99. The van der Waals surface area contributed by atoms with Crippen molar-refractivity contribution in [3.05, 3.63) is 0 Å². The lowest BCUT2D eigenvalue weighted by Gasteiger charge is -2.48. The van der Waals surface area contributed by atoms with Crippen molar-refractivity contribution in [2.75, 3.05) is 53.0 Å². The molecule has 28 heavy (non-hydrogen) atoms. The average molecular weight is 392 g/mol. The molecule has 0 aromatic carbocycles. The topological polar surface area (TPSA) is 52.1 Å². The molecule has 0 amide bonds. The number of guanidine groups is 1. The van der Waals surface area contributed by atoms with Gasteiger partial charge in [-0.3, -0.25) is 14.8 Å². The zero-order valence-electron chi connectivity index (χ0n) is 17.9. The van der Waals surface area contributed by atoms with E-state index in [1.807, 2.05) is 7.05 Å². The highest BCUT2D eigenvalue weighted by atomic mass is 16.5. The van der Waals surface area contributed by atoms with Crippen molar-refractivity contribution in [1.82, 2.24) is 20.4 Å². The third-order valence-electron chi connectivity index (χ3n) is 7.68. The van der Waals surface area contributed by atoms with Crippen molar-refractivity contribution in [2.24, 2.45) is 4.99 Å². The Kier molecular flexibility index (Phi) is 7.13. The Hall–Kier alpha value is -0.850. The van der Waals surface area contributed by atoms with Gasteiger partial charge in [0.15, 0.2) is 5.96 Å². The lowest BCUT2D eigenvalue weighted by atomic mass is 9.80. The van der Waals surface area contributed by atoms with Crippen LogP contribution in [0.25, 0.3) is 0 Å². The van der Waals surface area contributed by atoms with Gasteiger partial charge in [0.25, 0.3) is 0 Å². The van der Waals surface area contributed by atoms with Gasteiger partial charge in [0.1, 0.15) is 0 Å². The van der Waals surface area contributed by atoms with Crippen molar-refractivity contribution >= 4 is 5.96 Å². The molecule has 6 nitrogen and oxygen atoms in total. The molecule has 2 saturated carbocycles. The van der Waals surface area contributed by atoms with Crippen LogP contribution >= 0.6 is 0 Å². The number of nitrogens with one attached hydrogen (secondary N) is 2. The van der Waals surface area contributed by atoms with E-state index in [-0.39, 0.29) is 5.54 Å². The highest BCUT2D eigenvalue weighted by molar-refractivity contribution is 5.80. The van der Waals surface area contributed by atoms with Gasteiger partial charge >= 0.3 is 0 Å². The van der Waals surface area contributed by atoms with Crippen molar-refractivity contribution in [3.8, 4) is 0 Å². The Morgan fingerprint density at radius 1 is 1.00 bits per heavy atom. The molecular weight excluding hydrogens is 350 g/mol. The van der Waals surface area contributed by atoms with Gasteiger partial charge in [-0.05, 0) is 32.1 Å². The molecule has 2 saturated heterocycles. The summed E-state index contributed by atoms with van der Waals surface area (Å²) in [5.74, 6) is 0.997. The molecule has 2 heterocycles. The van der Waals surface area contributed by atoms with Crippen LogP contribution in [0.5, 0.6) is 0 Å². The molecule has 0 bridgehead atoms. The number of hydrogen-bond acceptors (Lipinski definition) is 4. The Morgan fingerprint density at radius 3 is 2.46 bits per heavy atom. The second-order valence-electron chi connectivity index (χ2n) is 9.37. The van der Waals surface area contributed by atoms with E-state index in [0.717, 1.165) is 44.8 Å². The highest BCUT2D eigenvalue weighted by Gasteiger charge is 2.39. The molecule has 160 valence electrons. The third kappa shape index (κ3) is 4.82. The van der Waals surface area contributed by atoms with E-state index in [9.17, 15) is 0 Å². The van der Waals surface area contributed by atoms with Gasteiger partial charge in [0.05, 0.1) is 13.2 Å². The average Bonchev–Trinajstić information content (AvgIpc) is 3.44. The summed E-state index contributed by atoms with van der Waals surface area (Å²) in [5.41, 5.74) is 0.283. The van der Waals surface area contributed by atoms with Crippen LogP contribution in [0.1, 0.15) is 64.2 Å².